The predicted molar refractivity (Wildman–Crippen MR) is 136 cm³/mol. The number of fused-ring (bicyclic) bond motifs is 1. The summed E-state index contributed by atoms with van der Waals surface area (Å²) in [7, 11) is -3.82. The molecule has 0 bridgehead atoms. The van der Waals surface area contributed by atoms with E-state index in [0.717, 1.165) is 41.0 Å². The second-order valence-electron chi connectivity index (χ2n) is 9.76. The Balaban J connectivity index is 1.46. The maximum absolute atomic E-state index is 13.3. The lowest BCUT2D eigenvalue weighted by Gasteiger charge is -2.34. The van der Waals surface area contributed by atoms with Gasteiger partial charge in [0, 0.05) is 37.1 Å². The molecule has 9 nitrogen and oxygen atoms in total. The van der Waals surface area contributed by atoms with Gasteiger partial charge in [-0.25, -0.2) is 13.4 Å². The van der Waals surface area contributed by atoms with Gasteiger partial charge >= 0.3 is 0 Å². The molecule has 0 saturated carbocycles. The van der Waals surface area contributed by atoms with Gasteiger partial charge in [0.25, 0.3) is 0 Å². The van der Waals surface area contributed by atoms with E-state index >= 15 is 0 Å². The number of nitrogens with two attached hydrogens (primary N) is 1. The third-order valence-corrected chi connectivity index (χ3v) is 8.37. The molecule has 3 aromatic rings. The van der Waals surface area contributed by atoms with Crippen LogP contribution < -0.4 is 5.73 Å². The first kappa shape index (κ1) is 25.1. The van der Waals surface area contributed by atoms with E-state index < -0.39 is 10.0 Å². The van der Waals surface area contributed by atoms with Crippen molar-refractivity contribution in [3.63, 3.8) is 0 Å². The Labute approximate surface area is 206 Å². The molecule has 35 heavy (non-hydrogen) atoms. The van der Waals surface area contributed by atoms with Gasteiger partial charge in [-0.05, 0) is 62.8 Å². The van der Waals surface area contributed by atoms with Crippen LogP contribution >= 0.6 is 0 Å². The second kappa shape index (κ2) is 9.94. The summed E-state index contributed by atoms with van der Waals surface area (Å²) < 4.78 is 27.9. The normalized spacial score (nSPS) is 15.4. The topological polar surface area (TPSA) is 125 Å². The standard InChI is InChI=1S/C25H34N6O3S/c1-16(2)14-31(35(33,34)21-7-5-20(26)6-8-21)15-23(32)30-11-9-19(10-12-30)22-13-27-17(3)24-25(22)29-18(4)28-24/h5-8,13,16,19H,9-12,14-15,26H2,1-4H3,(H,28,29). The summed E-state index contributed by atoms with van der Waals surface area (Å²) >= 11 is 0. The van der Waals surface area contributed by atoms with E-state index in [1.807, 2.05) is 33.9 Å². The monoisotopic (exact) mass is 498 g/mol. The van der Waals surface area contributed by atoms with Crippen LogP contribution in [0.3, 0.4) is 0 Å². The quantitative estimate of drug-likeness (QED) is 0.482. The first-order valence-electron chi connectivity index (χ1n) is 12.0. The number of H-pyrrole nitrogens is 1. The van der Waals surface area contributed by atoms with Gasteiger partial charge in [0.05, 0.1) is 28.2 Å². The van der Waals surface area contributed by atoms with Gasteiger partial charge in [-0.2, -0.15) is 4.31 Å². The molecule has 2 aromatic heterocycles. The van der Waals surface area contributed by atoms with Crippen LogP contribution in [0, 0.1) is 19.8 Å². The molecule has 3 heterocycles. The number of amides is 1. The van der Waals surface area contributed by atoms with E-state index in [0.29, 0.717) is 18.8 Å². The molecule has 1 aliphatic rings. The van der Waals surface area contributed by atoms with Crippen molar-refractivity contribution >= 4 is 32.7 Å². The van der Waals surface area contributed by atoms with Crippen molar-refractivity contribution in [3.05, 3.63) is 47.5 Å². The fourth-order valence-electron chi connectivity index (χ4n) is 4.69. The number of piperidine rings is 1. The fourth-order valence-corrected chi connectivity index (χ4v) is 6.24. The number of carbonyl (C=O) groups is 1. The number of aromatic amines is 1. The summed E-state index contributed by atoms with van der Waals surface area (Å²) in [5.74, 6) is 1.01. The minimum absolute atomic E-state index is 0.0749. The third kappa shape index (κ3) is 5.33. The van der Waals surface area contributed by atoms with Crippen molar-refractivity contribution in [3.8, 4) is 0 Å². The van der Waals surface area contributed by atoms with Crippen LogP contribution in [0.5, 0.6) is 0 Å². The summed E-state index contributed by atoms with van der Waals surface area (Å²) in [6.45, 7) is 9.01. The van der Waals surface area contributed by atoms with Crippen LogP contribution in [-0.4, -0.2) is 64.7 Å². The number of rotatable bonds is 7. The number of nitrogens with one attached hydrogen (secondary N) is 1. The van der Waals surface area contributed by atoms with Crippen molar-refractivity contribution in [1.29, 1.82) is 0 Å². The number of benzene rings is 1. The maximum atomic E-state index is 13.3. The number of anilines is 1. The molecule has 4 rings (SSSR count). The first-order chi connectivity index (χ1) is 16.6. The molecule has 0 spiro atoms. The highest BCUT2D eigenvalue weighted by molar-refractivity contribution is 7.89. The number of imidazole rings is 1. The van der Waals surface area contributed by atoms with Crippen LogP contribution in [0.4, 0.5) is 5.69 Å². The Morgan fingerprint density at radius 2 is 1.86 bits per heavy atom. The lowest BCUT2D eigenvalue weighted by molar-refractivity contribution is -0.132. The molecular weight excluding hydrogens is 464 g/mol. The number of hydrogen-bond acceptors (Lipinski definition) is 6. The summed E-state index contributed by atoms with van der Waals surface area (Å²) in [5.41, 5.74) is 10.2. The van der Waals surface area contributed by atoms with Gasteiger partial charge in [0.15, 0.2) is 0 Å². The van der Waals surface area contributed by atoms with Crippen molar-refractivity contribution in [2.24, 2.45) is 5.92 Å². The maximum Gasteiger partial charge on any atom is 0.243 e. The lowest BCUT2D eigenvalue weighted by Crippen LogP contribution is -2.46. The number of nitrogens with zero attached hydrogens (tertiary/aromatic N) is 4. The van der Waals surface area contributed by atoms with Gasteiger partial charge in [0.2, 0.25) is 15.9 Å². The highest BCUT2D eigenvalue weighted by atomic mass is 32.2. The molecule has 188 valence electrons. The minimum atomic E-state index is -3.82. The van der Waals surface area contributed by atoms with Gasteiger partial charge < -0.3 is 15.6 Å². The van der Waals surface area contributed by atoms with Crippen LogP contribution in [0.2, 0.25) is 0 Å². The van der Waals surface area contributed by atoms with Gasteiger partial charge in [-0.15, -0.1) is 0 Å². The molecule has 1 saturated heterocycles. The summed E-state index contributed by atoms with van der Waals surface area (Å²) in [6, 6.07) is 6.09. The average molecular weight is 499 g/mol. The van der Waals surface area contributed by atoms with Crippen molar-refractivity contribution < 1.29 is 13.2 Å². The van der Waals surface area contributed by atoms with Crippen LogP contribution in [-0.2, 0) is 14.8 Å². The number of carbonyl (C=O) groups excluding carboxylic acids is 1. The van der Waals surface area contributed by atoms with Crippen LogP contribution in [0.15, 0.2) is 35.4 Å². The molecule has 0 unspecified atom stereocenters. The zero-order chi connectivity index (χ0) is 25.3. The first-order valence-corrected chi connectivity index (χ1v) is 13.5. The molecule has 3 N–H and O–H groups in total. The molecule has 1 fully saturated rings. The number of sulfonamides is 1. The zero-order valence-corrected chi connectivity index (χ0v) is 21.6. The van der Waals surface area contributed by atoms with E-state index in [4.69, 9.17) is 5.73 Å². The molecule has 10 heteroatoms. The van der Waals surface area contributed by atoms with E-state index in [1.165, 1.54) is 16.4 Å². The third-order valence-electron chi connectivity index (χ3n) is 6.54. The van der Waals surface area contributed by atoms with E-state index in [1.54, 1.807) is 17.0 Å². The molecule has 0 atom stereocenters. The molecular formula is C25H34N6O3S. The highest BCUT2D eigenvalue weighted by Gasteiger charge is 2.31. The van der Waals surface area contributed by atoms with Gasteiger partial charge in [-0.3, -0.25) is 9.78 Å². The predicted octanol–water partition coefficient (Wildman–Crippen LogP) is 3.21. The second-order valence-corrected chi connectivity index (χ2v) is 11.7. The molecule has 1 aromatic carbocycles. The Kier molecular flexibility index (Phi) is 7.14. The number of aromatic nitrogens is 3. The number of likely N-dealkylation sites (tertiary alicyclic amines) is 1. The number of hydrogen-bond donors (Lipinski definition) is 2. The van der Waals surface area contributed by atoms with Gasteiger partial charge in [-0.1, -0.05) is 13.8 Å². The summed E-state index contributed by atoms with van der Waals surface area (Å²) in [4.78, 5) is 27.6. The van der Waals surface area contributed by atoms with Crippen LogP contribution in [0.25, 0.3) is 11.0 Å². The summed E-state index contributed by atoms with van der Waals surface area (Å²) in [6.07, 6.45) is 3.47. The van der Waals surface area contributed by atoms with E-state index in [-0.39, 0.29) is 35.7 Å². The fraction of sp³-hybridized carbons (Fsp3) is 0.480. The number of nitrogen functional groups attached to an aromatic ring is 1. The molecule has 0 radical (unpaired) electrons. The van der Waals surface area contributed by atoms with E-state index in [9.17, 15) is 13.2 Å². The van der Waals surface area contributed by atoms with Crippen molar-refractivity contribution in [2.75, 3.05) is 31.9 Å². The molecule has 1 aliphatic heterocycles. The molecule has 1 amide bonds. The smallest absolute Gasteiger partial charge is 0.243 e. The Hall–Kier alpha value is -2.98. The number of aryl methyl sites for hydroxylation is 2. The largest absolute Gasteiger partial charge is 0.399 e. The Morgan fingerprint density at radius 3 is 2.49 bits per heavy atom. The highest BCUT2D eigenvalue weighted by Crippen LogP contribution is 2.33. The van der Waals surface area contributed by atoms with Crippen LogP contribution in [0.1, 0.15) is 49.7 Å². The SMILES string of the molecule is Cc1nc2c(C3CCN(C(=O)CN(CC(C)C)S(=O)(=O)c4ccc(N)cc4)CC3)cnc(C)c2[nH]1. The lowest BCUT2D eigenvalue weighted by atomic mass is 9.89. The van der Waals surface area contributed by atoms with Gasteiger partial charge in [0.1, 0.15) is 5.82 Å². The zero-order valence-electron chi connectivity index (χ0n) is 20.8. The molecule has 0 aliphatic carbocycles. The number of pyridine rings is 1. The van der Waals surface area contributed by atoms with E-state index in [2.05, 4.69) is 15.0 Å². The Morgan fingerprint density at radius 1 is 1.20 bits per heavy atom. The van der Waals surface area contributed by atoms with Crippen molar-refractivity contribution in [1.82, 2.24) is 24.2 Å². The Bertz CT molecular complexity index is 1310. The van der Waals surface area contributed by atoms with Crippen molar-refractivity contribution in [2.45, 2.75) is 51.3 Å². The average Bonchev–Trinajstić information content (AvgIpc) is 3.21. The minimum Gasteiger partial charge on any atom is -0.399 e. The summed E-state index contributed by atoms with van der Waals surface area (Å²) in [5, 5.41) is 0.